The summed E-state index contributed by atoms with van der Waals surface area (Å²) in [7, 11) is -2.88. The Hall–Kier alpha value is -1.21. The first-order valence-corrected chi connectivity index (χ1v) is 11.4. The van der Waals surface area contributed by atoms with E-state index in [-0.39, 0.29) is 22.7 Å². The second-order valence-corrected chi connectivity index (χ2v) is 10.00. The number of carbonyl (C=O) groups is 1. The molecule has 5 nitrogen and oxygen atoms in total. The Labute approximate surface area is 148 Å². The van der Waals surface area contributed by atoms with Gasteiger partial charge in [-0.1, -0.05) is 0 Å². The van der Waals surface area contributed by atoms with E-state index in [2.05, 4.69) is 22.3 Å². The molecule has 132 valence electrons. The molecule has 1 unspecified atom stereocenters. The number of hydrogen-bond acceptors (Lipinski definition) is 5. The molecule has 0 bridgehead atoms. The van der Waals surface area contributed by atoms with Crippen LogP contribution in [0.2, 0.25) is 0 Å². The van der Waals surface area contributed by atoms with Crippen molar-refractivity contribution in [2.24, 2.45) is 0 Å². The zero-order chi connectivity index (χ0) is 17.0. The topological polar surface area (TPSA) is 66.5 Å². The number of piperidine rings is 1. The monoisotopic (exact) mass is 368 g/mol. The van der Waals surface area contributed by atoms with Gasteiger partial charge in [0.1, 0.15) is 0 Å². The summed E-state index contributed by atoms with van der Waals surface area (Å²) in [5.41, 5.74) is 2.00. The number of anilines is 2. The largest absolute Gasteiger partial charge is 0.372 e. The van der Waals surface area contributed by atoms with Crippen LogP contribution < -0.4 is 10.2 Å². The van der Waals surface area contributed by atoms with Gasteiger partial charge in [0.25, 0.3) is 0 Å². The van der Waals surface area contributed by atoms with E-state index in [1.54, 1.807) is 0 Å². The molecule has 0 spiro atoms. The second kappa shape index (κ2) is 7.78. The molecule has 3 rings (SSSR count). The van der Waals surface area contributed by atoms with E-state index >= 15 is 0 Å². The predicted octanol–water partition coefficient (Wildman–Crippen LogP) is 2.54. The van der Waals surface area contributed by atoms with Gasteiger partial charge in [-0.15, -0.1) is 11.8 Å². The summed E-state index contributed by atoms with van der Waals surface area (Å²) in [6.45, 7) is 2.21. The molecule has 0 aliphatic carbocycles. The number of amides is 1. The van der Waals surface area contributed by atoms with Crippen molar-refractivity contribution in [3.63, 3.8) is 0 Å². The molecule has 0 saturated carbocycles. The zero-order valence-electron chi connectivity index (χ0n) is 13.7. The summed E-state index contributed by atoms with van der Waals surface area (Å²) < 4.78 is 22.8. The SMILES string of the molecule is O=C(CSC1CCS(=O)(=O)C1)Nc1ccc(N2CCCCC2)cc1. The first-order valence-electron chi connectivity index (χ1n) is 8.49. The minimum Gasteiger partial charge on any atom is -0.372 e. The van der Waals surface area contributed by atoms with Gasteiger partial charge in [0.05, 0.1) is 17.3 Å². The molecule has 2 fully saturated rings. The number of thioether (sulfide) groups is 1. The Balaban J connectivity index is 1.46. The fourth-order valence-electron chi connectivity index (χ4n) is 3.19. The summed E-state index contributed by atoms with van der Waals surface area (Å²) in [6.07, 6.45) is 4.45. The second-order valence-electron chi connectivity index (χ2n) is 6.48. The Morgan fingerprint density at radius 3 is 2.50 bits per heavy atom. The molecule has 1 N–H and O–H groups in total. The minimum absolute atomic E-state index is 0.0576. The average Bonchev–Trinajstić information content (AvgIpc) is 2.94. The van der Waals surface area contributed by atoms with Crippen LogP contribution in [0, 0.1) is 0 Å². The molecular weight excluding hydrogens is 344 g/mol. The molecule has 1 amide bonds. The van der Waals surface area contributed by atoms with Gasteiger partial charge in [0.2, 0.25) is 5.91 Å². The lowest BCUT2D eigenvalue weighted by molar-refractivity contribution is -0.113. The standard InChI is InChI=1S/C17H24N2O3S2/c20-17(12-23-16-8-11-24(21,22)13-16)18-14-4-6-15(7-5-14)19-9-2-1-3-10-19/h4-7,16H,1-3,8-13H2,(H,18,20). The maximum absolute atomic E-state index is 12.0. The van der Waals surface area contributed by atoms with Gasteiger partial charge in [-0.05, 0) is 49.9 Å². The molecule has 24 heavy (non-hydrogen) atoms. The average molecular weight is 369 g/mol. The first-order chi connectivity index (χ1) is 11.5. The van der Waals surface area contributed by atoms with E-state index in [0.29, 0.717) is 12.2 Å². The fraction of sp³-hybridized carbons (Fsp3) is 0.588. The van der Waals surface area contributed by atoms with E-state index in [1.807, 2.05) is 12.1 Å². The summed E-state index contributed by atoms with van der Waals surface area (Å²) in [6, 6.07) is 7.98. The summed E-state index contributed by atoms with van der Waals surface area (Å²) >= 11 is 1.44. The van der Waals surface area contributed by atoms with Gasteiger partial charge in [-0.2, -0.15) is 0 Å². The molecule has 1 aromatic carbocycles. The van der Waals surface area contributed by atoms with Crippen LogP contribution in [-0.4, -0.2) is 49.9 Å². The first kappa shape index (κ1) is 17.6. The lowest BCUT2D eigenvalue weighted by Gasteiger charge is -2.28. The van der Waals surface area contributed by atoms with E-state index in [9.17, 15) is 13.2 Å². The van der Waals surface area contributed by atoms with Crippen molar-refractivity contribution in [1.29, 1.82) is 0 Å². The summed E-state index contributed by atoms with van der Waals surface area (Å²) in [5, 5.41) is 2.95. The molecule has 2 aliphatic heterocycles. The van der Waals surface area contributed by atoms with Crippen molar-refractivity contribution in [1.82, 2.24) is 0 Å². The quantitative estimate of drug-likeness (QED) is 0.865. The number of nitrogens with zero attached hydrogens (tertiary/aromatic N) is 1. The number of rotatable bonds is 5. The van der Waals surface area contributed by atoms with Crippen molar-refractivity contribution in [3.8, 4) is 0 Å². The Morgan fingerprint density at radius 1 is 1.17 bits per heavy atom. The molecular formula is C17H24N2O3S2. The molecule has 1 aromatic rings. The highest BCUT2D eigenvalue weighted by Gasteiger charge is 2.28. The maximum Gasteiger partial charge on any atom is 0.234 e. The highest BCUT2D eigenvalue weighted by atomic mass is 32.2. The van der Waals surface area contributed by atoms with Crippen molar-refractivity contribution < 1.29 is 13.2 Å². The van der Waals surface area contributed by atoms with E-state index in [4.69, 9.17) is 0 Å². The van der Waals surface area contributed by atoms with Gasteiger partial charge in [0.15, 0.2) is 9.84 Å². The Kier molecular flexibility index (Phi) is 5.71. The van der Waals surface area contributed by atoms with Crippen LogP contribution in [0.4, 0.5) is 11.4 Å². The number of hydrogen-bond donors (Lipinski definition) is 1. The van der Waals surface area contributed by atoms with Gasteiger partial charge < -0.3 is 10.2 Å². The lowest BCUT2D eigenvalue weighted by Crippen LogP contribution is -2.29. The summed E-state index contributed by atoms with van der Waals surface area (Å²) in [4.78, 5) is 14.4. The third-order valence-electron chi connectivity index (χ3n) is 4.51. The van der Waals surface area contributed by atoms with E-state index in [0.717, 1.165) is 18.8 Å². The van der Waals surface area contributed by atoms with E-state index in [1.165, 1.54) is 36.7 Å². The molecule has 2 saturated heterocycles. The van der Waals surface area contributed by atoms with Crippen molar-refractivity contribution in [2.75, 3.05) is 40.6 Å². The maximum atomic E-state index is 12.0. The smallest absolute Gasteiger partial charge is 0.234 e. The predicted molar refractivity (Wildman–Crippen MR) is 101 cm³/mol. The zero-order valence-corrected chi connectivity index (χ0v) is 15.4. The van der Waals surface area contributed by atoms with Crippen molar-refractivity contribution in [3.05, 3.63) is 24.3 Å². The van der Waals surface area contributed by atoms with Crippen LogP contribution in [0.5, 0.6) is 0 Å². The number of sulfone groups is 1. The van der Waals surface area contributed by atoms with Gasteiger partial charge in [0, 0.05) is 29.7 Å². The highest BCUT2D eigenvalue weighted by molar-refractivity contribution is 8.02. The fourth-order valence-corrected chi connectivity index (χ4v) is 6.63. The molecule has 1 atom stereocenters. The van der Waals surface area contributed by atoms with Crippen LogP contribution in [-0.2, 0) is 14.6 Å². The van der Waals surface area contributed by atoms with Crippen LogP contribution >= 0.6 is 11.8 Å². The number of carbonyl (C=O) groups excluding carboxylic acids is 1. The van der Waals surface area contributed by atoms with Gasteiger partial charge in [-0.25, -0.2) is 8.42 Å². The van der Waals surface area contributed by atoms with Crippen LogP contribution in [0.3, 0.4) is 0 Å². The highest BCUT2D eigenvalue weighted by Crippen LogP contribution is 2.25. The Bertz CT molecular complexity index is 668. The van der Waals surface area contributed by atoms with Gasteiger partial charge >= 0.3 is 0 Å². The third kappa shape index (κ3) is 4.89. The number of benzene rings is 1. The number of nitrogens with one attached hydrogen (secondary N) is 1. The van der Waals surface area contributed by atoms with E-state index < -0.39 is 9.84 Å². The van der Waals surface area contributed by atoms with Crippen molar-refractivity contribution >= 4 is 38.9 Å². The van der Waals surface area contributed by atoms with Crippen LogP contribution in [0.25, 0.3) is 0 Å². The van der Waals surface area contributed by atoms with Crippen molar-refractivity contribution in [2.45, 2.75) is 30.9 Å². The van der Waals surface area contributed by atoms with Crippen LogP contribution in [0.15, 0.2) is 24.3 Å². The Morgan fingerprint density at radius 2 is 1.88 bits per heavy atom. The summed E-state index contributed by atoms with van der Waals surface area (Å²) in [5.74, 6) is 0.684. The van der Waals surface area contributed by atoms with Gasteiger partial charge in [-0.3, -0.25) is 4.79 Å². The molecule has 2 aliphatic rings. The van der Waals surface area contributed by atoms with Crippen LogP contribution in [0.1, 0.15) is 25.7 Å². The normalized spacial score (nSPS) is 23.2. The molecule has 0 aromatic heterocycles. The third-order valence-corrected chi connectivity index (χ3v) is 7.79. The minimum atomic E-state index is -2.88. The molecule has 2 heterocycles. The lowest BCUT2D eigenvalue weighted by atomic mass is 10.1. The molecule has 7 heteroatoms. The molecule has 0 radical (unpaired) electrons.